The Morgan fingerprint density at radius 2 is 1.73 bits per heavy atom. The van der Waals surface area contributed by atoms with Crippen LogP contribution >= 0.6 is 0 Å². The van der Waals surface area contributed by atoms with Crippen molar-refractivity contribution >= 4 is 0 Å². The molecule has 0 saturated carbocycles. The monoisotopic (exact) mass is 216 g/mol. The standard InChI is InChI=1S/C13H28O2/c1-7-8-9-10-12(13(3,4)5)15-11(2)14-6/h11-12H,7-10H2,1-6H3/t11-,12+/m0/s1. The zero-order valence-electron chi connectivity index (χ0n) is 11.3. The molecular weight excluding hydrogens is 188 g/mol. The van der Waals surface area contributed by atoms with Gasteiger partial charge < -0.3 is 9.47 Å². The van der Waals surface area contributed by atoms with Gasteiger partial charge in [-0.15, -0.1) is 0 Å². The fourth-order valence-electron chi connectivity index (χ4n) is 1.57. The van der Waals surface area contributed by atoms with E-state index in [0.717, 1.165) is 6.42 Å². The van der Waals surface area contributed by atoms with E-state index in [9.17, 15) is 0 Å². The Kier molecular flexibility index (Phi) is 7.20. The van der Waals surface area contributed by atoms with Crippen LogP contribution in [0.5, 0.6) is 0 Å². The van der Waals surface area contributed by atoms with Crippen molar-refractivity contribution in [3.05, 3.63) is 0 Å². The van der Waals surface area contributed by atoms with Crippen molar-refractivity contribution in [3.8, 4) is 0 Å². The predicted molar refractivity (Wildman–Crippen MR) is 64.9 cm³/mol. The summed E-state index contributed by atoms with van der Waals surface area (Å²) in [5, 5.41) is 0. The maximum Gasteiger partial charge on any atom is 0.154 e. The lowest BCUT2D eigenvalue weighted by Crippen LogP contribution is -2.33. The van der Waals surface area contributed by atoms with E-state index in [4.69, 9.17) is 9.47 Å². The highest BCUT2D eigenvalue weighted by molar-refractivity contribution is 4.74. The second-order valence-electron chi connectivity index (χ2n) is 5.29. The van der Waals surface area contributed by atoms with Gasteiger partial charge in [0.2, 0.25) is 0 Å². The fraction of sp³-hybridized carbons (Fsp3) is 1.00. The summed E-state index contributed by atoms with van der Waals surface area (Å²) in [7, 11) is 1.69. The molecule has 0 unspecified atom stereocenters. The largest absolute Gasteiger partial charge is 0.356 e. The maximum absolute atomic E-state index is 5.89. The van der Waals surface area contributed by atoms with Crippen LogP contribution in [-0.2, 0) is 9.47 Å². The van der Waals surface area contributed by atoms with Gasteiger partial charge in [0.05, 0.1) is 6.10 Å². The van der Waals surface area contributed by atoms with Crippen molar-refractivity contribution in [2.45, 2.75) is 72.7 Å². The first-order valence-electron chi connectivity index (χ1n) is 6.10. The zero-order chi connectivity index (χ0) is 11.9. The second kappa shape index (κ2) is 7.24. The molecule has 0 rings (SSSR count). The van der Waals surface area contributed by atoms with E-state index in [-0.39, 0.29) is 11.7 Å². The first-order chi connectivity index (χ1) is 6.91. The van der Waals surface area contributed by atoms with Crippen molar-refractivity contribution in [1.29, 1.82) is 0 Å². The van der Waals surface area contributed by atoms with Gasteiger partial charge >= 0.3 is 0 Å². The van der Waals surface area contributed by atoms with Crippen LogP contribution in [-0.4, -0.2) is 19.5 Å². The van der Waals surface area contributed by atoms with Gasteiger partial charge in [0.25, 0.3) is 0 Å². The summed E-state index contributed by atoms with van der Waals surface area (Å²) in [6.45, 7) is 10.9. The van der Waals surface area contributed by atoms with Crippen molar-refractivity contribution in [1.82, 2.24) is 0 Å². The summed E-state index contributed by atoms with van der Waals surface area (Å²) in [6.07, 6.45) is 5.11. The van der Waals surface area contributed by atoms with Crippen molar-refractivity contribution in [2.24, 2.45) is 5.41 Å². The molecule has 0 bridgehead atoms. The highest BCUT2D eigenvalue weighted by Gasteiger charge is 2.26. The molecule has 0 aromatic carbocycles. The average molecular weight is 216 g/mol. The van der Waals surface area contributed by atoms with E-state index in [0.29, 0.717) is 6.10 Å². The molecule has 2 nitrogen and oxygen atoms in total. The first-order valence-corrected chi connectivity index (χ1v) is 6.10. The minimum atomic E-state index is -0.101. The molecule has 0 N–H and O–H groups in total. The van der Waals surface area contributed by atoms with E-state index < -0.39 is 0 Å². The van der Waals surface area contributed by atoms with Gasteiger partial charge in [-0.3, -0.25) is 0 Å². The predicted octanol–water partition coefficient (Wildman–Crippen LogP) is 3.99. The SMILES string of the molecule is CCCCC[C@@H](O[C@@H](C)OC)C(C)(C)C. The second-order valence-corrected chi connectivity index (χ2v) is 5.29. The van der Waals surface area contributed by atoms with Crippen LogP contribution in [0.1, 0.15) is 60.3 Å². The van der Waals surface area contributed by atoms with Crippen molar-refractivity contribution in [3.63, 3.8) is 0 Å². The summed E-state index contributed by atoms with van der Waals surface area (Å²) < 4.78 is 11.0. The summed E-state index contributed by atoms with van der Waals surface area (Å²) in [6, 6.07) is 0. The minimum absolute atomic E-state index is 0.101. The smallest absolute Gasteiger partial charge is 0.154 e. The molecule has 0 aliphatic rings. The summed E-state index contributed by atoms with van der Waals surface area (Å²) in [4.78, 5) is 0. The summed E-state index contributed by atoms with van der Waals surface area (Å²) in [5.41, 5.74) is 0.195. The van der Waals surface area contributed by atoms with Crippen LogP contribution in [0.15, 0.2) is 0 Å². The van der Waals surface area contributed by atoms with Crippen LogP contribution in [0.25, 0.3) is 0 Å². The molecule has 0 spiro atoms. The highest BCUT2D eigenvalue weighted by Crippen LogP contribution is 2.27. The lowest BCUT2D eigenvalue weighted by atomic mass is 9.86. The van der Waals surface area contributed by atoms with Crippen LogP contribution < -0.4 is 0 Å². The lowest BCUT2D eigenvalue weighted by Gasteiger charge is -2.32. The maximum atomic E-state index is 5.89. The highest BCUT2D eigenvalue weighted by atomic mass is 16.7. The Morgan fingerprint density at radius 3 is 2.13 bits per heavy atom. The molecule has 15 heavy (non-hydrogen) atoms. The lowest BCUT2D eigenvalue weighted by molar-refractivity contribution is -0.171. The average Bonchev–Trinajstić information content (AvgIpc) is 2.14. The molecule has 0 fully saturated rings. The van der Waals surface area contributed by atoms with Gasteiger partial charge in [-0.1, -0.05) is 47.0 Å². The molecule has 0 saturated heterocycles. The first kappa shape index (κ1) is 14.9. The number of unbranched alkanes of at least 4 members (excludes halogenated alkanes) is 2. The Labute approximate surface area is 95.3 Å². The summed E-state index contributed by atoms with van der Waals surface area (Å²) in [5.74, 6) is 0. The van der Waals surface area contributed by atoms with Gasteiger partial charge in [0, 0.05) is 7.11 Å². The normalized spacial score (nSPS) is 16.4. The number of ether oxygens (including phenoxy) is 2. The van der Waals surface area contributed by atoms with E-state index >= 15 is 0 Å². The zero-order valence-corrected chi connectivity index (χ0v) is 11.3. The van der Waals surface area contributed by atoms with E-state index in [1.165, 1.54) is 19.3 Å². The topological polar surface area (TPSA) is 18.5 Å². The molecule has 2 atom stereocenters. The van der Waals surface area contributed by atoms with Crippen molar-refractivity contribution < 1.29 is 9.47 Å². The summed E-state index contributed by atoms with van der Waals surface area (Å²) >= 11 is 0. The Morgan fingerprint density at radius 1 is 1.13 bits per heavy atom. The van der Waals surface area contributed by atoms with Crippen LogP contribution in [0.4, 0.5) is 0 Å². The Hall–Kier alpha value is -0.0800. The molecule has 92 valence electrons. The van der Waals surface area contributed by atoms with E-state index in [1.807, 2.05) is 6.92 Å². The quantitative estimate of drug-likeness (QED) is 0.473. The van der Waals surface area contributed by atoms with Gasteiger partial charge in [-0.25, -0.2) is 0 Å². The minimum Gasteiger partial charge on any atom is -0.356 e. The molecule has 0 radical (unpaired) electrons. The third kappa shape index (κ3) is 6.91. The molecule has 0 aromatic heterocycles. The molecule has 2 heteroatoms. The molecule has 0 amide bonds. The third-order valence-corrected chi connectivity index (χ3v) is 2.72. The number of methoxy groups -OCH3 is 1. The van der Waals surface area contributed by atoms with E-state index in [1.54, 1.807) is 7.11 Å². The Bertz CT molecular complexity index is 149. The van der Waals surface area contributed by atoms with Gasteiger partial charge in [-0.2, -0.15) is 0 Å². The van der Waals surface area contributed by atoms with Crippen LogP contribution in [0.3, 0.4) is 0 Å². The number of rotatable bonds is 7. The molecule has 0 heterocycles. The van der Waals surface area contributed by atoms with E-state index in [2.05, 4.69) is 27.7 Å². The molecule has 0 aliphatic heterocycles. The van der Waals surface area contributed by atoms with Crippen LogP contribution in [0.2, 0.25) is 0 Å². The van der Waals surface area contributed by atoms with Crippen molar-refractivity contribution in [2.75, 3.05) is 7.11 Å². The van der Waals surface area contributed by atoms with Gasteiger partial charge in [0.15, 0.2) is 6.29 Å². The third-order valence-electron chi connectivity index (χ3n) is 2.72. The Balaban J connectivity index is 4.08. The number of hydrogen-bond acceptors (Lipinski definition) is 2. The number of hydrogen-bond donors (Lipinski definition) is 0. The molecular formula is C13H28O2. The van der Waals surface area contributed by atoms with Gasteiger partial charge in [-0.05, 0) is 18.8 Å². The fourth-order valence-corrected chi connectivity index (χ4v) is 1.57. The molecule has 0 aromatic rings. The van der Waals surface area contributed by atoms with Crippen LogP contribution in [0, 0.1) is 5.41 Å². The van der Waals surface area contributed by atoms with Gasteiger partial charge in [0.1, 0.15) is 0 Å². The molecule has 0 aliphatic carbocycles.